The summed E-state index contributed by atoms with van der Waals surface area (Å²) in [6.45, 7) is 8.36. The Morgan fingerprint density at radius 1 is 0.933 bits per heavy atom. The molecule has 30 heavy (non-hydrogen) atoms. The van der Waals surface area contributed by atoms with Crippen molar-refractivity contribution in [2.24, 2.45) is 11.8 Å². The molecule has 4 unspecified atom stereocenters. The van der Waals surface area contributed by atoms with Gasteiger partial charge in [0.2, 0.25) is 17.7 Å². The number of hydrogen-bond acceptors (Lipinski definition) is 6. The summed E-state index contributed by atoms with van der Waals surface area (Å²) >= 11 is 4.13. The lowest BCUT2D eigenvalue weighted by Gasteiger charge is -2.25. The van der Waals surface area contributed by atoms with E-state index in [1.165, 1.54) is 0 Å². The van der Waals surface area contributed by atoms with E-state index in [0.717, 1.165) is 19.4 Å². The highest BCUT2D eigenvalue weighted by molar-refractivity contribution is 7.80. The molecule has 1 rings (SSSR count). The van der Waals surface area contributed by atoms with Crippen LogP contribution in [0, 0.1) is 11.8 Å². The van der Waals surface area contributed by atoms with Crippen molar-refractivity contribution in [2.75, 3.05) is 12.3 Å². The summed E-state index contributed by atoms with van der Waals surface area (Å²) in [6.07, 6.45) is 2.31. The molecule has 1 aliphatic rings. The van der Waals surface area contributed by atoms with Gasteiger partial charge in [-0.2, -0.15) is 12.6 Å². The molecule has 0 saturated carbocycles. The summed E-state index contributed by atoms with van der Waals surface area (Å²) in [5.74, 6) is -2.25. The van der Waals surface area contributed by atoms with Gasteiger partial charge in [0.1, 0.15) is 18.1 Å². The van der Waals surface area contributed by atoms with Gasteiger partial charge in [-0.3, -0.25) is 14.4 Å². The molecule has 1 fully saturated rings. The fourth-order valence-electron chi connectivity index (χ4n) is 3.32. The first kappa shape index (κ1) is 26.2. The molecule has 9 nitrogen and oxygen atoms in total. The number of carboxylic acids is 1. The lowest BCUT2D eigenvalue weighted by molar-refractivity contribution is -0.142. The van der Waals surface area contributed by atoms with Crippen molar-refractivity contribution in [3.63, 3.8) is 0 Å². The van der Waals surface area contributed by atoms with Crippen molar-refractivity contribution in [1.29, 1.82) is 0 Å². The average molecular weight is 445 g/mol. The molecule has 0 radical (unpaired) electrons. The summed E-state index contributed by atoms with van der Waals surface area (Å²) in [7, 11) is 0. The zero-order valence-electron chi connectivity index (χ0n) is 18.2. The van der Waals surface area contributed by atoms with Crippen LogP contribution in [0.5, 0.6) is 0 Å². The molecule has 172 valence electrons. The van der Waals surface area contributed by atoms with E-state index in [4.69, 9.17) is 0 Å². The smallest absolute Gasteiger partial charge is 0.326 e. The third-order valence-corrected chi connectivity index (χ3v) is 5.22. The fourth-order valence-corrected chi connectivity index (χ4v) is 3.57. The molecular formula is C20H36N4O5S. The first-order valence-electron chi connectivity index (χ1n) is 10.5. The van der Waals surface area contributed by atoms with Crippen LogP contribution in [0.25, 0.3) is 0 Å². The van der Waals surface area contributed by atoms with Gasteiger partial charge in [-0.15, -0.1) is 0 Å². The number of nitrogens with one attached hydrogen (secondary N) is 4. The van der Waals surface area contributed by atoms with Crippen LogP contribution in [-0.4, -0.2) is 65.3 Å². The van der Waals surface area contributed by atoms with Crippen LogP contribution in [0.15, 0.2) is 0 Å². The first-order chi connectivity index (χ1) is 14.0. The maximum atomic E-state index is 12.8. The fraction of sp³-hybridized carbons (Fsp3) is 0.800. The second-order valence-electron chi connectivity index (χ2n) is 8.61. The van der Waals surface area contributed by atoms with Crippen LogP contribution in [0.4, 0.5) is 0 Å². The van der Waals surface area contributed by atoms with Crippen molar-refractivity contribution < 1.29 is 24.3 Å². The molecule has 1 heterocycles. The summed E-state index contributed by atoms with van der Waals surface area (Å²) in [4.78, 5) is 49.2. The molecule has 0 aromatic carbocycles. The Morgan fingerprint density at radius 2 is 1.47 bits per heavy atom. The predicted molar refractivity (Wildman–Crippen MR) is 117 cm³/mol. The lowest BCUT2D eigenvalue weighted by atomic mass is 10.0. The van der Waals surface area contributed by atoms with E-state index in [0.29, 0.717) is 6.42 Å². The minimum atomic E-state index is -1.13. The van der Waals surface area contributed by atoms with Gasteiger partial charge in [0, 0.05) is 5.75 Å². The summed E-state index contributed by atoms with van der Waals surface area (Å²) in [5, 5.41) is 20.3. The van der Waals surface area contributed by atoms with Crippen LogP contribution in [-0.2, 0) is 19.2 Å². The summed E-state index contributed by atoms with van der Waals surface area (Å²) in [5.41, 5.74) is 0. The zero-order chi connectivity index (χ0) is 22.8. The van der Waals surface area contributed by atoms with Crippen molar-refractivity contribution in [3.8, 4) is 0 Å². The van der Waals surface area contributed by atoms with Crippen molar-refractivity contribution in [1.82, 2.24) is 21.3 Å². The SMILES string of the molecule is CC(C)CC(NC(=O)C(CS)NC(=O)C(CC(C)C)NC(=O)C1CCCN1)C(=O)O. The Bertz CT molecular complexity index is 608. The van der Waals surface area contributed by atoms with Gasteiger partial charge >= 0.3 is 5.97 Å². The maximum Gasteiger partial charge on any atom is 0.326 e. The second kappa shape index (κ2) is 12.8. The normalized spacial score (nSPS) is 19.2. The molecule has 0 aromatic rings. The summed E-state index contributed by atoms with van der Waals surface area (Å²) < 4.78 is 0. The largest absolute Gasteiger partial charge is 0.480 e. The van der Waals surface area contributed by atoms with E-state index >= 15 is 0 Å². The van der Waals surface area contributed by atoms with Crippen LogP contribution < -0.4 is 21.3 Å². The standard InChI is InChI=1S/C20H36N4O5S/c1-11(2)8-14(22-17(25)13-6-5-7-21-13)18(26)24-16(10-30)19(27)23-15(20(28)29)9-12(3)4/h11-16,21,30H,5-10H2,1-4H3,(H,22,25)(H,23,27)(H,24,26)(H,28,29). The van der Waals surface area contributed by atoms with Gasteiger partial charge < -0.3 is 26.4 Å². The van der Waals surface area contributed by atoms with Crippen molar-refractivity contribution in [2.45, 2.75) is 77.5 Å². The number of rotatable bonds is 12. The van der Waals surface area contributed by atoms with E-state index < -0.39 is 35.9 Å². The van der Waals surface area contributed by atoms with E-state index in [9.17, 15) is 24.3 Å². The van der Waals surface area contributed by atoms with Gasteiger partial charge in [0.05, 0.1) is 6.04 Å². The first-order valence-corrected chi connectivity index (χ1v) is 11.2. The Balaban J connectivity index is 2.78. The monoisotopic (exact) mass is 444 g/mol. The number of aliphatic carboxylic acids is 1. The number of amides is 3. The molecule has 1 saturated heterocycles. The number of carbonyl (C=O) groups is 4. The third kappa shape index (κ3) is 8.91. The Morgan fingerprint density at radius 3 is 1.93 bits per heavy atom. The molecule has 0 bridgehead atoms. The molecule has 0 aliphatic carbocycles. The zero-order valence-corrected chi connectivity index (χ0v) is 19.1. The Hall–Kier alpha value is -1.81. The maximum absolute atomic E-state index is 12.8. The van der Waals surface area contributed by atoms with Crippen LogP contribution >= 0.6 is 12.6 Å². The van der Waals surface area contributed by atoms with Gasteiger partial charge in [-0.25, -0.2) is 4.79 Å². The molecule has 0 spiro atoms. The third-order valence-electron chi connectivity index (χ3n) is 4.85. The van der Waals surface area contributed by atoms with Crippen LogP contribution in [0.3, 0.4) is 0 Å². The number of carboxylic acid groups (broad SMARTS) is 1. The number of thiol groups is 1. The molecule has 4 atom stereocenters. The highest BCUT2D eigenvalue weighted by Gasteiger charge is 2.31. The highest BCUT2D eigenvalue weighted by Crippen LogP contribution is 2.10. The minimum Gasteiger partial charge on any atom is -0.480 e. The second-order valence-corrected chi connectivity index (χ2v) is 8.98. The average Bonchev–Trinajstić information content (AvgIpc) is 3.18. The van der Waals surface area contributed by atoms with Crippen LogP contribution in [0.2, 0.25) is 0 Å². The van der Waals surface area contributed by atoms with Crippen molar-refractivity contribution >= 4 is 36.3 Å². The van der Waals surface area contributed by atoms with E-state index in [1.807, 2.05) is 27.7 Å². The minimum absolute atomic E-state index is 0.00187. The quantitative estimate of drug-likeness (QED) is 0.240. The van der Waals surface area contributed by atoms with Gasteiger partial charge in [0.15, 0.2) is 0 Å². The Labute approximate surface area is 183 Å². The molecule has 0 aromatic heterocycles. The predicted octanol–water partition coefficient (Wildman–Crippen LogP) is 0.299. The van der Waals surface area contributed by atoms with E-state index in [2.05, 4.69) is 33.9 Å². The number of hydrogen-bond donors (Lipinski definition) is 6. The summed E-state index contributed by atoms with van der Waals surface area (Å²) in [6, 6.07) is -3.16. The van der Waals surface area contributed by atoms with Gasteiger partial charge in [-0.05, 0) is 44.1 Å². The van der Waals surface area contributed by atoms with Gasteiger partial charge in [0.25, 0.3) is 0 Å². The van der Waals surface area contributed by atoms with E-state index in [-0.39, 0.29) is 36.0 Å². The molecule has 10 heteroatoms. The molecule has 3 amide bonds. The highest BCUT2D eigenvalue weighted by atomic mass is 32.1. The topological polar surface area (TPSA) is 137 Å². The number of carbonyl (C=O) groups excluding carboxylic acids is 3. The van der Waals surface area contributed by atoms with Crippen molar-refractivity contribution in [3.05, 3.63) is 0 Å². The molecular weight excluding hydrogens is 408 g/mol. The van der Waals surface area contributed by atoms with E-state index in [1.54, 1.807) is 0 Å². The Kier molecular flexibility index (Phi) is 11.2. The van der Waals surface area contributed by atoms with Gasteiger partial charge in [-0.1, -0.05) is 27.7 Å². The molecule has 5 N–H and O–H groups in total. The van der Waals surface area contributed by atoms with Crippen LogP contribution in [0.1, 0.15) is 53.4 Å². The lowest BCUT2D eigenvalue weighted by Crippen LogP contribution is -2.57. The molecule has 1 aliphatic heterocycles.